The monoisotopic (exact) mass is 229 g/mol. The molecule has 90 valence electrons. The predicted octanol–water partition coefficient (Wildman–Crippen LogP) is 3.78. The Morgan fingerprint density at radius 1 is 1.07 bits per heavy atom. The van der Waals surface area contributed by atoms with E-state index in [1.807, 2.05) is 0 Å². The highest BCUT2D eigenvalue weighted by atomic mass is 32.2. The zero-order chi connectivity index (χ0) is 11.1. The number of rotatable bonds is 6. The van der Waals surface area contributed by atoms with E-state index in [2.05, 4.69) is 37.4 Å². The maximum atomic E-state index is 2.75. The van der Waals surface area contributed by atoms with Crippen LogP contribution >= 0.6 is 11.8 Å². The lowest BCUT2D eigenvalue weighted by Gasteiger charge is -2.43. The van der Waals surface area contributed by atoms with Crippen LogP contribution in [0.2, 0.25) is 0 Å². The minimum absolute atomic E-state index is 0.492. The van der Waals surface area contributed by atoms with Crippen LogP contribution in [0.3, 0.4) is 0 Å². The third-order valence-corrected chi connectivity index (χ3v) is 4.57. The Bertz CT molecular complexity index is 166. The molecule has 2 heteroatoms. The molecule has 0 aromatic heterocycles. The molecular weight excluding hydrogens is 202 g/mol. The highest BCUT2D eigenvalue weighted by molar-refractivity contribution is 7.99. The van der Waals surface area contributed by atoms with Crippen molar-refractivity contribution in [1.82, 2.24) is 4.90 Å². The molecule has 1 aliphatic heterocycles. The molecule has 0 spiro atoms. The maximum Gasteiger partial charge on any atom is 0.0182 e. The lowest BCUT2D eigenvalue weighted by Crippen LogP contribution is -2.50. The molecule has 1 unspecified atom stereocenters. The average molecular weight is 229 g/mol. The minimum atomic E-state index is 0.492. The Labute approximate surface area is 100.0 Å². The second-order valence-electron chi connectivity index (χ2n) is 4.95. The highest BCUT2D eigenvalue weighted by Gasteiger charge is 2.30. The van der Waals surface area contributed by atoms with Crippen molar-refractivity contribution in [2.75, 3.05) is 24.6 Å². The third-order valence-electron chi connectivity index (χ3n) is 3.63. The van der Waals surface area contributed by atoms with E-state index in [0.29, 0.717) is 5.54 Å². The lowest BCUT2D eigenvalue weighted by molar-refractivity contribution is 0.0939. The van der Waals surface area contributed by atoms with Crippen molar-refractivity contribution < 1.29 is 0 Å². The van der Waals surface area contributed by atoms with Crippen LogP contribution < -0.4 is 0 Å². The van der Waals surface area contributed by atoms with Crippen LogP contribution in [0, 0.1) is 0 Å². The van der Waals surface area contributed by atoms with Crippen LogP contribution in [0.15, 0.2) is 0 Å². The van der Waals surface area contributed by atoms with Gasteiger partial charge in [-0.3, -0.25) is 4.90 Å². The Morgan fingerprint density at radius 3 is 2.27 bits per heavy atom. The Balaban J connectivity index is 2.52. The second-order valence-corrected chi connectivity index (χ2v) is 6.17. The van der Waals surface area contributed by atoms with E-state index in [0.717, 1.165) is 0 Å². The van der Waals surface area contributed by atoms with Crippen molar-refractivity contribution in [1.29, 1.82) is 0 Å². The van der Waals surface area contributed by atoms with Crippen LogP contribution in [0.4, 0.5) is 0 Å². The Morgan fingerprint density at radius 2 is 1.73 bits per heavy atom. The van der Waals surface area contributed by atoms with Gasteiger partial charge in [-0.05, 0) is 19.8 Å². The first-order valence-electron chi connectivity index (χ1n) is 6.55. The van der Waals surface area contributed by atoms with E-state index in [-0.39, 0.29) is 0 Å². The summed E-state index contributed by atoms with van der Waals surface area (Å²) in [5.41, 5.74) is 0.492. The zero-order valence-corrected chi connectivity index (χ0v) is 11.5. The summed E-state index contributed by atoms with van der Waals surface area (Å²) in [6.45, 7) is 9.74. The normalized spacial score (nSPS) is 22.6. The average Bonchev–Trinajstić information content (AvgIpc) is 2.28. The molecule has 1 aliphatic rings. The van der Waals surface area contributed by atoms with Crippen molar-refractivity contribution in [3.8, 4) is 0 Å². The van der Waals surface area contributed by atoms with Crippen molar-refractivity contribution in [2.24, 2.45) is 0 Å². The van der Waals surface area contributed by atoms with Crippen molar-refractivity contribution in [2.45, 2.75) is 58.4 Å². The highest BCUT2D eigenvalue weighted by Crippen LogP contribution is 2.29. The number of nitrogens with zero attached hydrogens (tertiary/aromatic N) is 1. The summed E-state index contributed by atoms with van der Waals surface area (Å²) in [4.78, 5) is 2.75. The second kappa shape index (κ2) is 6.80. The predicted molar refractivity (Wildman–Crippen MR) is 71.7 cm³/mol. The summed E-state index contributed by atoms with van der Waals surface area (Å²) in [6, 6.07) is 0. The van der Waals surface area contributed by atoms with Gasteiger partial charge in [0, 0.05) is 30.1 Å². The van der Waals surface area contributed by atoms with Gasteiger partial charge in [0.25, 0.3) is 0 Å². The van der Waals surface area contributed by atoms with Gasteiger partial charge in [-0.2, -0.15) is 11.8 Å². The molecule has 0 amide bonds. The third kappa shape index (κ3) is 3.99. The summed E-state index contributed by atoms with van der Waals surface area (Å²) in [5, 5.41) is 0. The summed E-state index contributed by atoms with van der Waals surface area (Å²) < 4.78 is 0. The van der Waals surface area contributed by atoms with Gasteiger partial charge in [0.05, 0.1) is 0 Å². The van der Waals surface area contributed by atoms with Gasteiger partial charge < -0.3 is 0 Å². The van der Waals surface area contributed by atoms with Gasteiger partial charge in [0.1, 0.15) is 0 Å². The zero-order valence-electron chi connectivity index (χ0n) is 10.7. The summed E-state index contributed by atoms with van der Waals surface area (Å²) >= 11 is 2.12. The first-order valence-corrected chi connectivity index (χ1v) is 7.71. The first-order chi connectivity index (χ1) is 7.23. The van der Waals surface area contributed by atoms with Gasteiger partial charge in [0.2, 0.25) is 0 Å². The van der Waals surface area contributed by atoms with Gasteiger partial charge in [-0.25, -0.2) is 0 Å². The number of unbranched alkanes of at least 4 members (excludes halogenated alkanes) is 1. The van der Waals surface area contributed by atoms with Crippen LogP contribution in [-0.2, 0) is 0 Å². The number of hydrogen-bond donors (Lipinski definition) is 0. The molecule has 1 nitrogen and oxygen atoms in total. The fraction of sp³-hybridized carbons (Fsp3) is 1.00. The first kappa shape index (κ1) is 13.4. The smallest absolute Gasteiger partial charge is 0.0182 e. The number of hydrogen-bond acceptors (Lipinski definition) is 2. The van der Waals surface area contributed by atoms with Gasteiger partial charge in [-0.15, -0.1) is 0 Å². The van der Waals surface area contributed by atoms with E-state index in [4.69, 9.17) is 0 Å². The molecule has 1 fully saturated rings. The fourth-order valence-corrected chi connectivity index (χ4v) is 3.54. The molecule has 0 aromatic carbocycles. The molecule has 1 saturated heterocycles. The minimum Gasteiger partial charge on any atom is -0.296 e. The summed E-state index contributed by atoms with van der Waals surface area (Å²) in [6.07, 6.45) is 6.81. The Hall–Kier alpha value is 0.310. The van der Waals surface area contributed by atoms with E-state index in [1.54, 1.807) is 0 Å². The standard InChI is InChI=1S/C13H27NS/c1-4-6-8-13(3,7-5-2)14-9-11-15-12-10-14/h4-12H2,1-3H3. The van der Waals surface area contributed by atoms with E-state index >= 15 is 0 Å². The fourth-order valence-electron chi connectivity index (χ4n) is 2.64. The molecule has 1 atom stereocenters. The number of thioether (sulfide) groups is 1. The largest absolute Gasteiger partial charge is 0.296 e. The van der Waals surface area contributed by atoms with Crippen LogP contribution in [0.5, 0.6) is 0 Å². The molecule has 0 bridgehead atoms. The molecule has 0 saturated carbocycles. The van der Waals surface area contributed by atoms with Gasteiger partial charge >= 0.3 is 0 Å². The molecule has 0 N–H and O–H groups in total. The SMILES string of the molecule is CCCCC(C)(CCC)N1CCSCC1. The summed E-state index contributed by atoms with van der Waals surface area (Å²) in [5.74, 6) is 2.68. The molecule has 0 aromatic rings. The maximum absolute atomic E-state index is 2.75. The van der Waals surface area contributed by atoms with Crippen LogP contribution in [0.25, 0.3) is 0 Å². The Kier molecular flexibility index (Phi) is 6.06. The van der Waals surface area contributed by atoms with Crippen molar-refractivity contribution >= 4 is 11.8 Å². The molecule has 1 rings (SSSR count). The van der Waals surface area contributed by atoms with Gasteiger partial charge in [0.15, 0.2) is 0 Å². The lowest BCUT2D eigenvalue weighted by atomic mass is 9.88. The molecule has 0 aliphatic carbocycles. The molecule has 1 heterocycles. The van der Waals surface area contributed by atoms with Crippen LogP contribution in [-0.4, -0.2) is 35.0 Å². The van der Waals surface area contributed by atoms with E-state index < -0.39 is 0 Å². The van der Waals surface area contributed by atoms with E-state index in [1.165, 1.54) is 56.7 Å². The molecular formula is C13H27NS. The summed E-state index contributed by atoms with van der Waals surface area (Å²) in [7, 11) is 0. The van der Waals surface area contributed by atoms with Crippen LogP contribution in [0.1, 0.15) is 52.9 Å². The topological polar surface area (TPSA) is 3.24 Å². The quantitative estimate of drug-likeness (QED) is 0.682. The molecule has 15 heavy (non-hydrogen) atoms. The van der Waals surface area contributed by atoms with Crippen molar-refractivity contribution in [3.63, 3.8) is 0 Å². The van der Waals surface area contributed by atoms with Gasteiger partial charge in [-0.1, -0.05) is 33.1 Å². The van der Waals surface area contributed by atoms with E-state index in [9.17, 15) is 0 Å². The van der Waals surface area contributed by atoms with Crippen molar-refractivity contribution in [3.05, 3.63) is 0 Å². The molecule has 0 radical (unpaired) electrons.